The largest absolute Gasteiger partial charge is 0.493 e. The molecular formula is C25H23ClN6O3. The van der Waals surface area contributed by atoms with Crippen molar-refractivity contribution >= 4 is 23.2 Å². The van der Waals surface area contributed by atoms with Gasteiger partial charge in [0.05, 0.1) is 24.9 Å². The lowest BCUT2D eigenvalue weighted by Crippen LogP contribution is -2.21. The molecule has 0 spiro atoms. The Balaban J connectivity index is 1.34. The zero-order valence-corrected chi connectivity index (χ0v) is 19.9. The Labute approximate surface area is 207 Å². The molecule has 0 radical (unpaired) electrons. The zero-order chi connectivity index (χ0) is 24.6. The molecule has 0 atom stereocenters. The van der Waals surface area contributed by atoms with Crippen molar-refractivity contribution in [3.63, 3.8) is 0 Å². The van der Waals surface area contributed by atoms with Crippen LogP contribution in [0.25, 0.3) is 5.69 Å². The van der Waals surface area contributed by atoms with Crippen molar-refractivity contribution in [2.75, 3.05) is 7.11 Å². The van der Waals surface area contributed by atoms with E-state index in [-0.39, 0.29) is 12.3 Å². The molecule has 0 saturated heterocycles. The van der Waals surface area contributed by atoms with Gasteiger partial charge in [-0.05, 0) is 70.9 Å². The highest BCUT2D eigenvalue weighted by Gasteiger charge is 2.09. The highest BCUT2D eigenvalue weighted by molar-refractivity contribution is 6.30. The van der Waals surface area contributed by atoms with E-state index >= 15 is 0 Å². The molecule has 0 bridgehead atoms. The fourth-order valence-electron chi connectivity index (χ4n) is 3.24. The van der Waals surface area contributed by atoms with Gasteiger partial charge in [-0.15, -0.1) is 5.10 Å². The number of nitrogens with one attached hydrogen (secondary N) is 1. The van der Waals surface area contributed by atoms with Crippen molar-refractivity contribution in [3.8, 4) is 17.2 Å². The summed E-state index contributed by atoms with van der Waals surface area (Å²) in [6.45, 7) is 2.19. The summed E-state index contributed by atoms with van der Waals surface area (Å²) in [5.41, 5.74) is 6.68. The fraction of sp³-hybridized carbons (Fsp3) is 0.160. The van der Waals surface area contributed by atoms with Gasteiger partial charge < -0.3 is 9.47 Å². The van der Waals surface area contributed by atoms with Crippen molar-refractivity contribution in [2.24, 2.45) is 5.10 Å². The van der Waals surface area contributed by atoms with Crippen LogP contribution in [0, 0.1) is 0 Å². The predicted molar refractivity (Wildman–Crippen MR) is 132 cm³/mol. The number of amides is 1. The first-order valence-electron chi connectivity index (χ1n) is 10.7. The number of nitrogens with zero attached hydrogens (tertiary/aromatic N) is 5. The Morgan fingerprint density at radius 2 is 1.77 bits per heavy atom. The summed E-state index contributed by atoms with van der Waals surface area (Å²) < 4.78 is 12.9. The van der Waals surface area contributed by atoms with Crippen LogP contribution >= 0.6 is 11.6 Å². The Bertz CT molecular complexity index is 1310. The summed E-state index contributed by atoms with van der Waals surface area (Å²) in [7, 11) is 1.58. The summed E-state index contributed by atoms with van der Waals surface area (Å²) >= 11 is 5.93. The standard InChI is InChI=1S/C25H23ClN6O3/c1-17(28-29-25(33)13-18-5-10-22(11-6-18)32-16-27-30-31-32)20-7-12-23(24(14-20)34-2)35-15-19-3-8-21(26)9-4-19/h3-12,14,16H,13,15H2,1-2H3,(H,29,33). The van der Waals surface area contributed by atoms with Gasteiger partial charge in [0.1, 0.15) is 12.9 Å². The molecule has 9 nitrogen and oxygen atoms in total. The Morgan fingerprint density at radius 3 is 2.46 bits per heavy atom. The van der Waals surface area contributed by atoms with E-state index in [4.69, 9.17) is 21.1 Å². The number of tetrazole rings is 1. The van der Waals surface area contributed by atoms with Crippen LogP contribution in [0.3, 0.4) is 0 Å². The normalized spacial score (nSPS) is 11.2. The highest BCUT2D eigenvalue weighted by atomic mass is 35.5. The lowest BCUT2D eigenvalue weighted by atomic mass is 10.1. The van der Waals surface area contributed by atoms with E-state index < -0.39 is 0 Å². The summed E-state index contributed by atoms with van der Waals surface area (Å²) in [4.78, 5) is 12.4. The lowest BCUT2D eigenvalue weighted by Gasteiger charge is -2.12. The average molecular weight is 491 g/mol. The number of rotatable bonds is 9. The molecule has 0 fully saturated rings. The van der Waals surface area contributed by atoms with E-state index in [2.05, 4.69) is 26.1 Å². The number of aromatic nitrogens is 4. The third-order valence-electron chi connectivity index (χ3n) is 5.15. The van der Waals surface area contributed by atoms with Crippen molar-refractivity contribution in [2.45, 2.75) is 20.0 Å². The fourth-order valence-corrected chi connectivity index (χ4v) is 3.36. The van der Waals surface area contributed by atoms with E-state index in [0.717, 1.165) is 22.4 Å². The molecule has 1 amide bonds. The molecule has 3 aromatic carbocycles. The number of hydrogen-bond acceptors (Lipinski definition) is 7. The Morgan fingerprint density at radius 1 is 1.03 bits per heavy atom. The molecule has 4 aromatic rings. The lowest BCUT2D eigenvalue weighted by molar-refractivity contribution is -0.120. The predicted octanol–water partition coefficient (Wildman–Crippen LogP) is 3.99. The van der Waals surface area contributed by atoms with Crippen LogP contribution in [-0.4, -0.2) is 38.9 Å². The quantitative estimate of drug-likeness (QED) is 0.281. The average Bonchev–Trinajstić information content (AvgIpc) is 3.42. The molecule has 0 unspecified atom stereocenters. The Kier molecular flexibility index (Phi) is 7.69. The van der Waals surface area contributed by atoms with Gasteiger partial charge in [0.2, 0.25) is 5.91 Å². The summed E-state index contributed by atoms with van der Waals surface area (Å²) in [5, 5.41) is 16.0. The third-order valence-corrected chi connectivity index (χ3v) is 5.40. The smallest absolute Gasteiger partial charge is 0.244 e. The van der Waals surface area contributed by atoms with Gasteiger partial charge in [-0.1, -0.05) is 35.9 Å². The maximum atomic E-state index is 12.4. The molecule has 4 rings (SSSR count). The summed E-state index contributed by atoms with van der Waals surface area (Å²) in [6, 6.07) is 20.3. The van der Waals surface area contributed by atoms with E-state index in [0.29, 0.717) is 28.8 Å². The molecule has 178 valence electrons. The van der Waals surface area contributed by atoms with Crippen molar-refractivity contribution in [1.29, 1.82) is 0 Å². The van der Waals surface area contributed by atoms with E-state index in [1.54, 1.807) is 11.8 Å². The number of hydrazone groups is 1. The molecule has 1 aromatic heterocycles. The van der Waals surface area contributed by atoms with Crippen LogP contribution in [0.2, 0.25) is 5.02 Å². The third kappa shape index (κ3) is 6.42. The minimum absolute atomic E-state index is 0.188. The molecule has 10 heteroatoms. The van der Waals surface area contributed by atoms with Crippen molar-refractivity contribution in [3.05, 3.63) is 94.8 Å². The summed E-state index contributed by atoms with van der Waals surface area (Å²) in [5.74, 6) is 0.947. The molecule has 0 aliphatic heterocycles. The van der Waals surface area contributed by atoms with Crippen LogP contribution in [0.15, 0.2) is 78.2 Å². The van der Waals surface area contributed by atoms with Crippen LogP contribution in [-0.2, 0) is 17.8 Å². The number of methoxy groups -OCH3 is 1. The van der Waals surface area contributed by atoms with Crippen molar-refractivity contribution < 1.29 is 14.3 Å². The van der Waals surface area contributed by atoms with Crippen LogP contribution < -0.4 is 14.9 Å². The molecule has 1 heterocycles. The molecule has 0 aliphatic carbocycles. The van der Waals surface area contributed by atoms with Crippen LogP contribution in [0.5, 0.6) is 11.5 Å². The first-order valence-corrected chi connectivity index (χ1v) is 11.1. The monoisotopic (exact) mass is 490 g/mol. The molecular weight excluding hydrogens is 468 g/mol. The van der Waals surface area contributed by atoms with E-state index in [9.17, 15) is 4.79 Å². The second-order valence-electron chi connectivity index (χ2n) is 7.61. The van der Waals surface area contributed by atoms with Crippen LogP contribution in [0.1, 0.15) is 23.6 Å². The van der Waals surface area contributed by atoms with Gasteiger partial charge in [-0.2, -0.15) is 5.10 Å². The second kappa shape index (κ2) is 11.3. The number of benzene rings is 3. The first kappa shape index (κ1) is 23.9. The molecule has 0 aliphatic rings. The SMILES string of the molecule is COc1cc(C(C)=NNC(=O)Cc2ccc(-n3cnnn3)cc2)ccc1OCc1ccc(Cl)cc1. The summed E-state index contributed by atoms with van der Waals surface area (Å²) in [6.07, 6.45) is 1.69. The number of carbonyl (C=O) groups is 1. The van der Waals surface area contributed by atoms with E-state index in [1.807, 2.05) is 73.7 Å². The van der Waals surface area contributed by atoms with Crippen molar-refractivity contribution in [1.82, 2.24) is 25.6 Å². The first-order chi connectivity index (χ1) is 17.0. The van der Waals surface area contributed by atoms with Gasteiger partial charge in [0.15, 0.2) is 11.5 Å². The topological polar surface area (TPSA) is 104 Å². The van der Waals surface area contributed by atoms with Gasteiger partial charge >= 0.3 is 0 Å². The minimum atomic E-state index is -0.227. The number of carbonyl (C=O) groups excluding carboxylic acids is 1. The number of halogens is 1. The highest BCUT2D eigenvalue weighted by Crippen LogP contribution is 2.29. The number of ether oxygens (including phenoxy) is 2. The molecule has 0 saturated carbocycles. The van der Waals surface area contributed by atoms with Gasteiger partial charge in [0.25, 0.3) is 0 Å². The second-order valence-corrected chi connectivity index (χ2v) is 8.05. The van der Waals surface area contributed by atoms with Gasteiger partial charge in [-0.3, -0.25) is 4.79 Å². The maximum Gasteiger partial charge on any atom is 0.244 e. The maximum absolute atomic E-state index is 12.4. The van der Waals surface area contributed by atoms with E-state index in [1.165, 1.54) is 6.33 Å². The zero-order valence-electron chi connectivity index (χ0n) is 19.2. The minimum Gasteiger partial charge on any atom is -0.493 e. The number of hydrogen-bond donors (Lipinski definition) is 1. The molecule has 1 N–H and O–H groups in total. The van der Waals surface area contributed by atoms with Gasteiger partial charge in [0, 0.05) is 10.6 Å². The van der Waals surface area contributed by atoms with Crippen LogP contribution in [0.4, 0.5) is 0 Å². The van der Waals surface area contributed by atoms with Gasteiger partial charge in [-0.25, -0.2) is 10.1 Å². The Hall–Kier alpha value is -4.24. The molecule has 35 heavy (non-hydrogen) atoms.